The van der Waals surface area contributed by atoms with Gasteiger partial charge in [0, 0.05) is 74.0 Å². The Balaban J connectivity index is 1.37. The highest BCUT2D eigenvalue weighted by Gasteiger charge is 2.43. The molecule has 5 heterocycles. The maximum atomic E-state index is 12.2. The quantitative estimate of drug-likeness (QED) is 0.444. The second kappa shape index (κ2) is 11.0. The van der Waals surface area contributed by atoms with Crippen molar-refractivity contribution in [2.75, 3.05) is 68.4 Å². The zero-order chi connectivity index (χ0) is 29.6. The third-order valence-electron chi connectivity index (χ3n) is 8.93. The molecule has 0 spiro atoms. The Kier molecular flexibility index (Phi) is 7.41. The van der Waals surface area contributed by atoms with E-state index in [-0.39, 0.29) is 11.9 Å². The van der Waals surface area contributed by atoms with Gasteiger partial charge in [0.25, 0.3) is 0 Å². The van der Waals surface area contributed by atoms with Crippen LogP contribution in [0.2, 0.25) is 0 Å². The summed E-state index contributed by atoms with van der Waals surface area (Å²) in [6, 6.07) is 6.76. The molecule has 2 unspecified atom stereocenters. The minimum absolute atomic E-state index is 0.0392. The highest BCUT2D eigenvalue weighted by molar-refractivity contribution is 7.16. The number of nitrogens with zero attached hydrogens (tertiary/aromatic N) is 8. The lowest BCUT2D eigenvalue weighted by molar-refractivity contribution is -0.126. The van der Waals surface area contributed by atoms with Crippen LogP contribution < -0.4 is 15.5 Å². The molecule has 2 aliphatic heterocycles. The average Bonchev–Trinajstić information content (AvgIpc) is 3.62. The van der Waals surface area contributed by atoms with Crippen molar-refractivity contribution in [3.63, 3.8) is 0 Å². The van der Waals surface area contributed by atoms with Gasteiger partial charge in [0.05, 0.1) is 11.0 Å². The molecular formula is C30H37N9O2S. The first kappa shape index (κ1) is 28.2. The van der Waals surface area contributed by atoms with Gasteiger partial charge in [0.1, 0.15) is 22.6 Å². The van der Waals surface area contributed by atoms with E-state index in [0.29, 0.717) is 54.2 Å². The van der Waals surface area contributed by atoms with Crippen LogP contribution in [0.4, 0.5) is 16.5 Å². The maximum Gasteiger partial charge on any atom is 0.246 e. The summed E-state index contributed by atoms with van der Waals surface area (Å²) in [7, 11) is 2.14. The number of rotatable bonds is 5. The predicted octanol–water partition coefficient (Wildman–Crippen LogP) is 3.26. The third kappa shape index (κ3) is 4.90. The van der Waals surface area contributed by atoms with Gasteiger partial charge in [0.2, 0.25) is 17.6 Å². The molecule has 1 aliphatic carbocycles. The third-order valence-corrected chi connectivity index (χ3v) is 10.0. The first-order valence-electron chi connectivity index (χ1n) is 14.5. The number of carbonyl (C=O) groups is 1. The molecule has 0 radical (unpaired) electrons. The van der Waals surface area contributed by atoms with Gasteiger partial charge in [-0.15, -0.1) is 11.3 Å². The number of hydrogen-bond donors (Lipinski definition) is 1. The average molecular weight is 588 g/mol. The molecule has 42 heavy (non-hydrogen) atoms. The van der Waals surface area contributed by atoms with Crippen LogP contribution in [-0.4, -0.2) is 89.7 Å². The number of piperazine rings is 2. The number of nitriles is 1. The molecule has 0 aromatic carbocycles. The molecule has 2 N–H and O–H groups in total. The lowest BCUT2D eigenvalue weighted by Crippen LogP contribution is -2.51. The van der Waals surface area contributed by atoms with Crippen LogP contribution in [0, 0.1) is 11.3 Å². The van der Waals surface area contributed by atoms with Crippen LogP contribution in [0.1, 0.15) is 48.6 Å². The molecular weight excluding hydrogens is 550 g/mol. The molecule has 2 fully saturated rings. The van der Waals surface area contributed by atoms with Crippen LogP contribution in [0.15, 0.2) is 29.3 Å². The second-order valence-corrected chi connectivity index (χ2v) is 12.9. The van der Waals surface area contributed by atoms with Gasteiger partial charge in [0.15, 0.2) is 0 Å². The van der Waals surface area contributed by atoms with E-state index in [1.807, 2.05) is 11.0 Å². The first-order chi connectivity index (χ1) is 20.2. The number of pyridine rings is 1. The van der Waals surface area contributed by atoms with Crippen molar-refractivity contribution in [2.45, 2.75) is 44.6 Å². The monoisotopic (exact) mass is 587 g/mol. The molecule has 2 atom stereocenters. The summed E-state index contributed by atoms with van der Waals surface area (Å²) in [4.78, 5) is 32.1. The topological polar surface area (TPSA) is 132 Å². The Bertz CT molecular complexity index is 1550. The first-order valence-corrected chi connectivity index (χ1v) is 15.3. The minimum atomic E-state index is -0.599. The standard InChI is InChI=1S/C30H37N9O2S/c1-5-25(40)38-12-10-37(11-13-38)20-15-22(33-24(16-20)39-14-9-36(4)18-19(39)2)28-34-29(41-35-28)30(3)8-6-7-23-26(30)21(17-31)27(32)42-23/h5,15-16,19H,1,6-14,18,32H2,2-4H3. The van der Waals surface area contributed by atoms with E-state index in [9.17, 15) is 10.1 Å². The van der Waals surface area contributed by atoms with E-state index in [1.165, 1.54) is 17.4 Å². The second-order valence-electron chi connectivity index (χ2n) is 11.7. The van der Waals surface area contributed by atoms with Crippen LogP contribution in [0.5, 0.6) is 0 Å². The molecule has 3 aliphatic rings. The van der Waals surface area contributed by atoms with Crippen molar-refractivity contribution in [3.05, 3.63) is 46.7 Å². The van der Waals surface area contributed by atoms with Crippen LogP contribution in [-0.2, 0) is 16.6 Å². The van der Waals surface area contributed by atoms with Crippen molar-refractivity contribution >= 4 is 33.8 Å². The zero-order valence-electron chi connectivity index (χ0n) is 24.5. The number of carbonyl (C=O) groups excluding carboxylic acids is 1. The number of fused-ring (bicyclic) bond motifs is 1. The smallest absolute Gasteiger partial charge is 0.246 e. The Hall–Kier alpha value is -3.95. The van der Waals surface area contributed by atoms with Crippen molar-refractivity contribution in [1.29, 1.82) is 5.26 Å². The van der Waals surface area contributed by atoms with E-state index in [1.54, 1.807) is 0 Å². The number of nitrogen functional groups attached to an aromatic ring is 1. The number of likely N-dealkylation sites (N-methyl/N-ethyl adjacent to an activating group) is 1. The molecule has 0 saturated carbocycles. The van der Waals surface area contributed by atoms with E-state index in [0.717, 1.165) is 60.8 Å². The van der Waals surface area contributed by atoms with Gasteiger partial charge < -0.3 is 29.9 Å². The molecule has 11 nitrogen and oxygen atoms in total. The fourth-order valence-electron chi connectivity index (χ4n) is 6.60. The Morgan fingerprint density at radius 1 is 1.24 bits per heavy atom. The SMILES string of the molecule is C=CC(=O)N1CCN(c2cc(-c3noc(C4(C)CCCc5sc(N)c(C#N)c54)n3)nc(N3CCN(C)CC3C)c2)CC1. The van der Waals surface area contributed by atoms with Crippen molar-refractivity contribution in [3.8, 4) is 17.6 Å². The van der Waals surface area contributed by atoms with Gasteiger partial charge in [-0.3, -0.25) is 4.79 Å². The summed E-state index contributed by atoms with van der Waals surface area (Å²) in [6.07, 6.45) is 4.01. The fourth-order valence-corrected chi connectivity index (χ4v) is 7.79. The van der Waals surface area contributed by atoms with E-state index in [4.69, 9.17) is 20.2 Å². The minimum Gasteiger partial charge on any atom is -0.389 e. The van der Waals surface area contributed by atoms with Gasteiger partial charge >= 0.3 is 0 Å². The fraction of sp³-hybridized carbons (Fsp3) is 0.500. The Morgan fingerprint density at radius 2 is 2.02 bits per heavy atom. The summed E-state index contributed by atoms with van der Waals surface area (Å²) in [6.45, 7) is 13.3. The van der Waals surface area contributed by atoms with Crippen LogP contribution >= 0.6 is 11.3 Å². The lowest BCUT2D eigenvalue weighted by atomic mass is 9.72. The highest BCUT2D eigenvalue weighted by atomic mass is 32.1. The zero-order valence-corrected chi connectivity index (χ0v) is 25.3. The van der Waals surface area contributed by atoms with Crippen LogP contribution in [0.3, 0.4) is 0 Å². The number of hydrogen-bond acceptors (Lipinski definition) is 11. The summed E-state index contributed by atoms with van der Waals surface area (Å²) >= 11 is 1.49. The molecule has 0 bridgehead atoms. The Labute approximate surface area is 250 Å². The van der Waals surface area contributed by atoms with Gasteiger partial charge in [-0.25, -0.2) is 4.98 Å². The number of aryl methyl sites for hydroxylation is 1. The van der Waals surface area contributed by atoms with Crippen molar-refractivity contribution in [1.82, 2.24) is 24.9 Å². The van der Waals surface area contributed by atoms with Crippen molar-refractivity contribution < 1.29 is 9.32 Å². The number of thiophene rings is 1. The van der Waals surface area contributed by atoms with E-state index < -0.39 is 5.41 Å². The number of anilines is 3. The number of amides is 1. The molecule has 2 saturated heterocycles. The molecule has 1 amide bonds. The number of nitrogens with two attached hydrogens (primary N) is 1. The normalized spacial score (nSPS) is 23.0. The summed E-state index contributed by atoms with van der Waals surface area (Å²) in [5.74, 6) is 1.74. The molecule has 3 aromatic heterocycles. The molecule has 6 rings (SSSR count). The number of aromatic nitrogens is 3. The Morgan fingerprint density at radius 3 is 2.74 bits per heavy atom. The summed E-state index contributed by atoms with van der Waals surface area (Å²) in [5.41, 5.74) is 8.74. The van der Waals surface area contributed by atoms with E-state index >= 15 is 0 Å². The summed E-state index contributed by atoms with van der Waals surface area (Å²) < 4.78 is 5.95. The molecule has 12 heteroatoms. The maximum absolute atomic E-state index is 12.2. The van der Waals surface area contributed by atoms with E-state index in [2.05, 4.69) is 59.5 Å². The van der Waals surface area contributed by atoms with Gasteiger partial charge in [-0.2, -0.15) is 10.2 Å². The summed E-state index contributed by atoms with van der Waals surface area (Å²) in [5, 5.41) is 14.9. The highest BCUT2D eigenvalue weighted by Crippen LogP contribution is 2.48. The molecule has 220 valence electrons. The van der Waals surface area contributed by atoms with Gasteiger partial charge in [-0.05, 0) is 52.3 Å². The van der Waals surface area contributed by atoms with Crippen molar-refractivity contribution in [2.24, 2.45) is 0 Å². The van der Waals surface area contributed by atoms with Crippen LogP contribution in [0.25, 0.3) is 11.5 Å². The largest absolute Gasteiger partial charge is 0.389 e. The molecule has 3 aromatic rings. The lowest BCUT2D eigenvalue weighted by Gasteiger charge is -2.40. The predicted molar refractivity (Wildman–Crippen MR) is 164 cm³/mol. The van der Waals surface area contributed by atoms with Gasteiger partial charge in [-0.1, -0.05) is 11.7 Å².